The standard InChI is InChI=1S/C28H35N3O3/c1-29-14-15-30(2)21-17-31-24-16-20(28(32)33)12-13-22(24)26(19-8-4-3-5-9-19)27(31)23-10-6-7-11-25(23)34-18-21/h6-7,10-13,16,19,21,29H,3-5,8-9,14-15,17-18H2,1-2H3,(H,32,33)/t21-/m1/s1. The molecule has 5 rings (SSSR count). The van der Waals surface area contributed by atoms with Crippen molar-refractivity contribution in [2.24, 2.45) is 0 Å². The summed E-state index contributed by atoms with van der Waals surface area (Å²) in [5, 5.41) is 14.2. The zero-order chi connectivity index (χ0) is 23.7. The van der Waals surface area contributed by atoms with Crippen molar-refractivity contribution in [2.45, 2.75) is 50.6 Å². The number of hydrogen-bond donors (Lipinski definition) is 2. The summed E-state index contributed by atoms with van der Waals surface area (Å²) in [6, 6.07) is 14.2. The summed E-state index contributed by atoms with van der Waals surface area (Å²) in [5.41, 5.74) is 5.08. The monoisotopic (exact) mass is 461 g/mol. The molecule has 2 N–H and O–H groups in total. The van der Waals surface area contributed by atoms with Gasteiger partial charge in [0.05, 0.1) is 17.3 Å². The number of carbonyl (C=O) groups is 1. The summed E-state index contributed by atoms with van der Waals surface area (Å²) in [6.07, 6.45) is 6.16. The molecule has 1 aliphatic carbocycles. The average molecular weight is 462 g/mol. The Kier molecular flexibility index (Phi) is 6.61. The lowest BCUT2D eigenvalue weighted by molar-refractivity contribution is 0.0697. The summed E-state index contributed by atoms with van der Waals surface area (Å²) < 4.78 is 8.83. The molecule has 0 unspecified atom stereocenters. The fourth-order valence-electron chi connectivity index (χ4n) is 5.77. The second kappa shape index (κ2) is 9.80. The topological polar surface area (TPSA) is 66.7 Å². The Morgan fingerprint density at radius 2 is 1.97 bits per heavy atom. The first-order valence-electron chi connectivity index (χ1n) is 12.5. The van der Waals surface area contributed by atoms with Crippen molar-refractivity contribution in [2.75, 3.05) is 33.8 Å². The molecule has 180 valence electrons. The summed E-state index contributed by atoms with van der Waals surface area (Å²) in [4.78, 5) is 14.2. The Hall–Kier alpha value is -2.83. The molecule has 6 heteroatoms. The van der Waals surface area contributed by atoms with Crippen LogP contribution in [-0.4, -0.2) is 60.4 Å². The lowest BCUT2D eigenvalue weighted by Gasteiger charge is -2.32. The van der Waals surface area contributed by atoms with Crippen molar-refractivity contribution in [1.29, 1.82) is 0 Å². The molecule has 0 bridgehead atoms. The van der Waals surface area contributed by atoms with Crippen LogP contribution in [-0.2, 0) is 6.54 Å². The lowest BCUT2D eigenvalue weighted by Crippen LogP contribution is -2.43. The lowest BCUT2D eigenvalue weighted by atomic mass is 9.81. The zero-order valence-electron chi connectivity index (χ0n) is 20.2. The summed E-state index contributed by atoms with van der Waals surface area (Å²) in [5.74, 6) is 0.513. The van der Waals surface area contributed by atoms with Crippen molar-refractivity contribution in [3.63, 3.8) is 0 Å². The van der Waals surface area contributed by atoms with Crippen LogP contribution in [0.15, 0.2) is 42.5 Å². The maximum atomic E-state index is 11.9. The van der Waals surface area contributed by atoms with E-state index in [0.29, 0.717) is 18.1 Å². The Morgan fingerprint density at radius 1 is 1.18 bits per heavy atom. The van der Waals surface area contributed by atoms with E-state index in [-0.39, 0.29) is 6.04 Å². The number of rotatable bonds is 6. The highest BCUT2D eigenvalue weighted by Gasteiger charge is 2.31. The van der Waals surface area contributed by atoms with Gasteiger partial charge in [0.1, 0.15) is 12.4 Å². The Bertz CT molecular complexity index is 1180. The number of carboxylic acid groups (broad SMARTS) is 1. The van der Waals surface area contributed by atoms with E-state index in [1.54, 1.807) is 6.07 Å². The van der Waals surface area contributed by atoms with Gasteiger partial charge in [-0.2, -0.15) is 0 Å². The first-order chi connectivity index (χ1) is 16.6. The van der Waals surface area contributed by atoms with Crippen molar-refractivity contribution in [3.8, 4) is 17.0 Å². The first kappa shape index (κ1) is 22.9. The molecule has 2 heterocycles. The van der Waals surface area contributed by atoms with Gasteiger partial charge in [-0.05, 0) is 62.7 Å². The molecule has 1 aromatic heterocycles. The van der Waals surface area contributed by atoms with Crippen LogP contribution >= 0.6 is 0 Å². The smallest absolute Gasteiger partial charge is 0.335 e. The van der Waals surface area contributed by atoms with Gasteiger partial charge in [0, 0.05) is 36.1 Å². The van der Waals surface area contributed by atoms with Gasteiger partial charge in [-0.1, -0.05) is 37.5 Å². The van der Waals surface area contributed by atoms with Crippen LogP contribution < -0.4 is 10.1 Å². The van der Waals surface area contributed by atoms with Gasteiger partial charge < -0.3 is 19.7 Å². The van der Waals surface area contributed by atoms with E-state index < -0.39 is 5.97 Å². The van der Waals surface area contributed by atoms with Crippen LogP contribution in [0.25, 0.3) is 22.2 Å². The van der Waals surface area contributed by atoms with E-state index in [2.05, 4.69) is 40.0 Å². The Balaban J connectivity index is 1.75. The number of carboxylic acids is 1. The summed E-state index contributed by atoms with van der Waals surface area (Å²) in [7, 11) is 4.12. The number of para-hydroxylation sites is 1. The Morgan fingerprint density at radius 3 is 2.74 bits per heavy atom. The van der Waals surface area contributed by atoms with E-state index in [0.717, 1.165) is 36.5 Å². The van der Waals surface area contributed by atoms with E-state index in [1.165, 1.54) is 48.7 Å². The van der Waals surface area contributed by atoms with Crippen LogP contribution in [0.1, 0.15) is 53.9 Å². The van der Waals surface area contributed by atoms with Crippen molar-refractivity contribution >= 4 is 16.9 Å². The van der Waals surface area contributed by atoms with Crippen LogP contribution in [0.4, 0.5) is 0 Å². The number of benzene rings is 2. The van der Waals surface area contributed by atoms with Gasteiger partial charge in [-0.3, -0.25) is 4.90 Å². The summed E-state index contributed by atoms with van der Waals surface area (Å²) in [6.45, 7) is 3.17. The quantitative estimate of drug-likeness (QED) is 0.543. The molecule has 3 aromatic rings. The second-order valence-electron chi connectivity index (χ2n) is 9.79. The predicted molar refractivity (Wildman–Crippen MR) is 136 cm³/mol. The minimum Gasteiger partial charge on any atom is -0.491 e. The molecule has 6 nitrogen and oxygen atoms in total. The molecule has 0 amide bonds. The molecule has 1 atom stereocenters. The van der Waals surface area contributed by atoms with Gasteiger partial charge in [-0.25, -0.2) is 4.79 Å². The number of ether oxygens (including phenoxy) is 1. The van der Waals surface area contributed by atoms with Crippen molar-refractivity contribution < 1.29 is 14.6 Å². The highest BCUT2D eigenvalue weighted by molar-refractivity contribution is 5.98. The molecule has 0 radical (unpaired) electrons. The van der Waals surface area contributed by atoms with Crippen LogP contribution in [0, 0.1) is 0 Å². The van der Waals surface area contributed by atoms with Gasteiger partial charge in [0.2, 0.25) is 0 Å². The van der Waals surface area contributed by atoms with E-state index in [4.69, 9.17) is 4.74 Å². The predicted octanol–water partition coefficient (Wildman–Crippen LogP) is 4.97. The SMILES string of the molecule is CNCCN(C)[C@H]1COc2ccccc2-c2c(C3CCCCC3)c3ccc(C(=O)O)cc3n2C1. The van der Waals surface area contributed by atoms with Crippen LogP contribution in [0.5, 0.6) is 5.75 Å². The maximum absolute atomic E-state index is 11.9. The van der Waals surface area contributed by atoms with E-state index in [1.807, 2.05) is 25.2 Å². The number of aromatic nitrogens is 1. The summed E-state index contributed by atoms with van der Waals surface area (Å²) >= 11 is 0. The highest BCUT2D eigenvalue weighted by Crippen LogP contribution is 2.47. The number of fused-ring (bicyclic) bond motifs is 5. The third-order valence-electron chi connectivity index (χ3n) is 7.67. The average Bonchev–Trinajstić information content (AvgIpc) is 3.16. The van der Waals surface area contributed by atoms with Crippen molar-refractivity contribution in [3.05, 3.63) is 53.6 Å². The minimum absolute atomic E-state index is 0.170. The molecule has 1 aliphatic heterocycles. The minimum atomic E-state index is -0.881. The van der Waals surface area contributed by atoms with Crippen molar-refractivity contribution in [1.82, 2.24) is 14.8 Å². The third kappa shape index (κ3) is 4.21. The number of nitrogens with one attached hydrogen (secondary N) is 1. The molecule has 34 heavy (non-hydrogen) atoms. The molecular weight excluding hydrogens is 426 g/mol. The van der Waals surface area contributed by atoms with E-state index in [9.17, 15) is 9.90 Å². The first-order valence-corrected chi connectivity index (χ1v) is 12.5. The fourth-order valence-corrected chi connectivity index (χ4v) is 5.77. The molecule has 0 saturated heterocycles. The van der Waals surface area contributed by atoms with Gasteiger partial charge in [0.25, 0.3) is 0 Å². The molecule has 2 aliphatic rings. The fraction of sp³-hybridized carbons (Fsp3) is 0.464. The maximum Gasteiger partial charge on any atom is 0.335 e. The molecule has 2 aromatic carbocycles. The van der Waals surface area contributed by atoms with Gasteiger partial charge in [0.15, 0.2) is 0 Å². The molecule has 1 saturated carbocycles. The number of hydrogen-bond acceptors (Lipinski definition) is 4. The van der Waals surface area contributed by atoms with Gasteiger partial charge in [-0.15, -0.1) is 0 Å². The largest absolute Gasteiger partial charge is 0.491 e. The number of likely N-dealkylation sites (N-methyl/N-ethyl adjacent to an activating group) is 2. The number of aromatic carboxylic acids is 1. The number of nitrogens with zero attached hydrogens (tertiary/aromatic N) is 2. The highest BCUT2D eigenvalue weighted by atomic mass is 16.5. The normalized spacial score (nSPS) is 18.7. The molecular formula is C28H35N3O3. The van der Waals surface area contributed by atoms with E-state index >= 15 is 0 Å². The van der Waals surface area contributed by atoms with Crippen LogP contribution in [0.3, 0.4) is 0 Å². The molecule has 0 spiro atoms. The van der Waals surface area contributed by atoms with Crippen LogP contribution in [0.2, 0.25) is 0 Å². The second-order valence-corrected chi connectivity index (χ2v) is 9.79. The Labute approximate surface area is 201 Å². The molecule has 1 fully saturated rings. The van der Waals surface area contributed by atoms with Gasteiger partial charge >= 0.3 is 5.97 Å². The third-order valence-corrected chi connectivity index (χ3v) is 7.67. The zero-order valence-corrected chi connectivity index (χ0v) is 20.2.